The van der Waals surface area contributed by atoms with Crippen molar-refractivity contribution in [3.63, 3.8) is 0 Å². The molecule has 1 unspecified atom stereocenters. The Labute approximate surface area is 143 Å². The van der Waals surface area contributed by atoms with Gasteiger partial charge < -0.3 is 10.1 Å². The fourth-order valence-corrected chi connectivity index (χ4v) is 3.62. The largest absolute Gasteiger partial charge is 0.381 e. The average molecular weight is 337 g/mol. The van der Waals surface area contributed by atoms with E-state index in [0.29, 0.717) is 19.8 Å². The Hall–Kier alpha value is -1.10. The number of hydrogen-bond donors (Lipinski definition) is 1. The summed E-state index contributed by atoms with van der Waals surface area (Å²) in [4.78, 5) is 14.9. The van der Waals surface area contributed by atoms with E-state index in [4.69, 9.17) is 16.3 Å². The van der Waals surface area contributed by atoms with Crippen LogP contribution in [0.25, 0.3) is 0 Å². The van der Waals surface area contributed by atoms with Crippen molar-refractivity contribution >= 4 is 17.5 Å². The molecular formula is C18H25ClN2O2. The average Bonchev–Trinajstić information content (AvgIpc) is 3.11. The summed E-state index contributed by atoms with van der Waals surface area (Å²) in [5, 5.41) is 3.92. The van der Waals surface area contributed by atoms with Crippen LogP contribution in [-0.2, 0) is 9.53 Å². The molecule has 23 heavy (non-hydrogen) atoms. The minimum absolute atomic E-state index is 0.105. The van der Waals surface area contributed by atoms with Crippen molar-refractivity contribution in [2.24, 2.45) is 5.92 Å². The summed E-state index contributed by atoms with van der Waals surface area (Å²) in [7, 11) is 0. The van der Waals surface area contributed by atoms with Gasteiger partial charge in [-0.1, -0.05) is 23.7 Å². The van der Waals surface area contributed by atoms with E-state index in [2.05, 4.69) is 22.3 Å². The Morgan fingerprint density at radius 1 is 1.22 bits per heavy atom. The highest BCUT2D eigenvalue weighted by molar-refractivity contribution is 6.30. The summed E-state index contributed by atoms with van der Waals surface area (Å²) >= 11 is 6.01. The Morgan fingerprint density at radius 2 is 1.87 bits per heavy atom. The monoisotopic (exact) mass is 336 g/mol. The summed E-state index contributed by atoms with van der Waals surface area (Å²) in [5.74, 6) is 0.277. The molecule has 1 atom stereocenters. The van der Waals surface area contributed by atoms with Crippen LogP contribution < -0.4 is 5.32 Å². The number of carbonyl (C=O) groups is 1. The first kappa shape index (κ1) is 16.7. The number of nitrogens with zero attached hydrogens (tertiary/aromatic N) is 1. The number of amides is 1. The summed E-state index contributed by atoms with van der Waals surface area (Å²) < 4.78 is 5.34. The number of benzene rings is 1. The van der Waals surface area contributed by atoms with Crippen LogP contribution in [0.15, 0.2) is 24.3 Å². The summed E-state index contributed by atoms with van der Waals surface area (Å²) in [6.07, 6.45) is 4.14. The smallest absolute Gasteiger partial charge is 0.223 e. The molecule has 1 aromatic carbocycles. The quantitative estimate of drug-likeness (QED) is 0.898. The number of nitrogens with one attached hydrogen (secondary N) is 1. The van der Waals surface area contributed by atoms with Gasteiger partial charge in [-0.05, 0) is 56.5 Å². The van der Waals surface area contributed by atoms with Crippen LogP contribution in [-0.4, -0.2) is 43.7 Å². The number of carbonyl (C=O) groups excluding carboxylic acids is 1. The van der Waals surface area contributed by atoms with Crippen molar-refractivity contribution in [1.29, 1.82) is 0 Å². The Balaban J connectivity index is 1.63. The van der Waals surface area contributed by atoms with Crippen molar-refractivity contribution in [1.82, 2.24) is 10.2 Å². The van der Waals surface area contributed by atoms with E-state index in [1.54, 1.807) is 0 Å². The number of rotatable bonds is 5. The van der Waals surface area contributed by atoms with Crippen molar-refractivity contribution in [2.45, 2.75) is 31.7 Å². The van der Waals surface area contributed by atoms with Crippen molar-refractivity contribution in [2.75, 3.05) is 32.8 Å². The first-order valence-corrected chi connectivity index (χ1v) is 8.97. The summed E-state index contributed by atoms with van der Waals surface area (Å²) in [6, 6.07) is 8.25. The van der Waals surface area contributed by atoms with Gasteiger partial charge in [0.05, 0.1) is 6.04 Å². The van der Waals surface area contributed by atoms with Gasteiger partial charge in [0.2, 0.25) is 5.91 Å². The molecule has 2 aliphatic heterocycles. The molecule has 0 spiro atoms. The second-order valence-corrected chi connectivity index (χ2v) is 6.88. The van der Waals surface area contributed by atoms with Gasteiger partial charge in [-0.15, -0.1) is 0 Å². The molecule has 0 radical (unpaired) electrons. The summed E-state index contributed by atoms with van der Waals surface area (Å²) in [6.45, 7) is 4.26. The molecule has 1 N–H and O–H groups in total. The first-order chi connectivity index (χ1) is 11.2. The molecule has 126 valence electrons. The molecule has 1 amide bonds. The van der Waals surface area contributed by atoms with Crippen molar-refractivity contribution < 1.29 is 9.53 Å². The van der Waals surface area contributed by atoms with Gasteiger partial charge in [0, 0.05) is 30.7 Å². The van der Waals surface area contributed by atoms with Gasteiger partial charge in [0.15, 0.2) is 0 Å². The van der Waals surface area contributed by atoms with Gasteiger partial charge in [0.25, 0.3) is 0 Å². The second kappa shape index (κ2) is 8.13. The lowest BCUT2D eigenvalue weighted by molar-refractivity contribution is -0.128. The van der Waals surface area contributed by atoms with E-state index in [0.717, 1.165) is 31.0 Å². The Morgan fingerprint density at radius 3 is 2.52 bits per heavy atom. The minimum Gasteiger partial charge on any atom is -0.381 e. The third-order valence-electron chi connectivity index (χ3n) is 4.90. The highest BCUT2D eigenvalue weighted by atomic mass is 35.5. The molecule has 2 heterocycles. The van der Waals surface area contributed by atoms with Crippen LogP contribution >= 0.6 is 11.6 Å². The fraction of sp³-hybridized carbons (Fsp3) is 0.611. The van der Waals surface area contributed by atoms with Gasteiger partial charge in [0.1, 0.15) is 0 Å². The molecular weight excluding hydrogens is 312 g/mol. The molecule has 4 nitrogen and oxygen atoms in total. The minimum atomic E-state index is 0.105. The van der Waals surface area contributed by atoms with Crippen LogP contribution in [0.2, 0.25) is 5.02 Å². The number of ether oxygens (including phenoxy) is 1. The van der Waals surface area contributed by atoms with Gasteiger partial charge in [-0.25, -0.2) is 0 Å². The Bertz CT molecular complexity index is 508. The first-order valence-electron chi connectivity index (χ1n) is 8.59. The normalized spacial score (nSPS) is 21.3. The van der Waals surface area contributed by atoms with E-state index in [1.165, 1.54) is 18.4 Å². The predicted octanol–water partition coefficient (Wildman–Crippen LogP) is 3.02. The van der Waals surface area contributed by atoms with Gasteiger partial charge in [-0.3, -0.25) is 9.69 Å². The molecule has 0 aromatic heterocycles. The molecule has 0 saturated carbocycles. The van der Waals surface area contributed by atoms with E-state index in [1.807, 2.05) is 12.1 Å². The lowest BCUT2D eigenvalue weighted by atomic mass is 9.99. The maximum atomic E-state index is 12.4. The molecule has 2 aliphatic rings. The summed E-state index contributed by atoms with van der Waals surface area (Å²) in [5.41, 5.74) is 1.23. The molecule has 5 heteroatoms. The number of halogens is 1. The zero-order chi connectivity index (χ0) is 16.1. The fourth-order valence-electron chi connectivity index (χ4n) is 3.50. The zero-order valence-electron chi connectivity index (χ0n) is 13.5. The molecule has 2 saturated heterocycles. The van der Waals surface area contributed by atoms with E-state index in [9.17, 15) is 4.79 Å². The maximum absolute atomic E-state index is 12.4. The van der Waals surface area contributed by atoms with Crippen LogP contribution in [0.1, 0.15) is 37.3 Å². The molecule has 0 bridgehead atoms. The third-order valence-corrected chi connectivity index (χ3v) is 5.15. The van der Waals surface area contributed by atoms with Crippen molar-refractivity contribution in [3.8, 4) is 0 Å². The topological polar surface area (TPSA) is 41.6 Å². The highest BCUT2D eigenvalue weighted by Gasteiger charge is 2.26. The van der Waals surface area contributed by atoms with Crippen LogP contribution in [0.3, 0.4) is 0 Å². The molecule has 2 fully saturated rings. The molecule has 0 aliphatic carbocycles. The SMILES string of the molecule is O=C(NCC(c1ccc(Cl)cc1)N1CCCC1)C1CCOCC1. The van der Waals surface area contributed by atoms with E-state index < -0.39 is 0 Å². The van der Waals surface area contributed by atoms with Crippen LogP contribution in [0, 0.1) is 5.92 Å². The van der Waals surface area contributed by atoms with Crippen LogP contribution in [0.4, 0.5) is 0 Å². The molecule has 1 aromatic rings. The predicted molar refractivity (Wildman–Crippen MR) is 91.6 cm³/mol. The van der Waals surface area contributed by atoms with Crippen molar-refractivity contribution in [3.05, 3.63) is 34.9 Å². The van der Waals surface area contributed by atoms with E-state index >= 15 is 0 Å². The number of hydrogen-bond acceptors (Lipinski definition) is 3. The Kier molecular flexibility index (Phi) is 5.92. The van der Waals surface area contributed by atoms with Gasteiger partial charge in [-0.2, -0.15) is 0 Å². The lowest BCUT2D eigenvalue weighted by Gasteiger charge is -2.29. The highest BCUT2D eigenvalue weighted by Crippen LogP contribution is 2.26. The van der Waals surface area contributed by atoms with Gasteiger partial charge >= 0.3 is 0 Å². The third kappa shape index (κ3) is 4.46. The van der Waals surface area contributed by atoms with E-state index in [-0.39, 0.29) is 17.9 Å². The standard InChI is InChI=1S/C18H25ClN2O2/c19-16-5-3-14(4-6-16)17(21-9-1-2-10-21)13-20-18(22)15-7-11-23-12-8-15/h3-6,15,17H,1-2,7-13H2,(H,20,22). The second-order valence-electron chi connectivity index (χ2n) is 6.44. The maximum Gasteiger partial charge on any atom is 0.223 e. The number of likely N-dealkylation sites (tertiary alicyclic amines) is 1. The zero-order valence-corrected chi connectivity index (χ0v) is 14.2. The molecule has 3 rings (SSSR count). The van der Waals surface area contributed by atoms with Crippen LogP contribution in [0.5, 0.6) is 0 Å². The lowest BCUT2D eigenvalue weighted by Crippen LogP contribution is -2.40.